The quantitative estimate of drug-likeness (QED) is 0.734. The Kier molecular flexibility index (Phi) is 3.78. The van der Waals surface area contributed by atoms with Crippen molar-refractivity contribution in [2.45, 2.75) is 39.2 Å². The molecular weight excluding hydrogens is 260 g/mol. The smallest absolute Gasteiger partial charge is 0.303 e. The fraction of sp³-hybridized carbons (Fsp3) is 0.316. The van der Waals surface area contributed by atoms with Crippen LogP contribution in [0, 0.1) is 0 Å². The zero-order valence-electron chi connectivity index (χ0n) is 12.6. The van der Waals surface area contributed by atoms with E-state index >= 15 is 0 Å². The van der Waals surface area contributed by atoms with Gasteiger partial charge in [0.2, 0.25) is 0 Å². The van der Waals surface area contributed by atoms with Crippen LogP contribution in [0.3, 0.4) is 0 Å². The summed E-state index contributed by atoms with van der Waals surface area (Å²) in [6.45, 7) is 3.67. The highest BCUT2D eigenvalue weighted by molar-refractivity contribution is 5.93. The van der Waals surface area contributed by atoms with Gasteiger partial charge >= 0.3 is 5.97 Å². The van der Waals surface area contributed by atoms with E-state index in [0.29, 0.717) is 0 Å². The van der Waals surface area contributed by atoms with Crippen molar-refractivity contribution in [3.05, 3.63) is 53.6 Å². The van der Waals surface area contributed by atoms with Crippen LogP contribution in [-0.4, -0.2) is 5.97 Å². The maximum atomic E-state index is 11.4. The standard InChI is InChI=1S/C19H20O2/c1-3-4-7-15-12-18(21-13(2)20)19-16-9-6-5-8-14(16)10-11-17(15)19/h5-6,8-12,18H,3-4,7H2,1-2H3. The van der Waals surface area contributed by atoms with E-state index in [1.807, 2.05) is 12.1 Å². The number of benzene rings is 2. The normalized spacial score (nSPS) is 16.7. The van der Waals surface area contributed by atoms with Crippen LogP contribution in [0.15, 0.2) is 42.5 Å². The Morgan fingerprint density at radius 3 is 2.76 bits per heavy atom. The Morgan fingerprint density at radius 1 is 1.19 bits per heavy atom. The summed E-state index contributed by atoms with van der Waals surface area (Å²) in [5, 5.41) is 2.38. The molecule has 0 aliphatic heterocycles. The second-order valence-corrected chi connectivity index (χ2v) is 5.57. The molecule has 108 valence electrons. The van der Waals surface area contributed by atoms with Gasteiger partial charge in [0, 0.05) is 12.5 Å². The number of rotatable bonds is 4. The van der Waals surface area contributed by atoms with Gasteiger partial charge in [0.1, 0.15) is 6.10 Å². The largest absolute Gasteiger partial charge is 0.453 e. The summed E-state index contributed by atoms with van der Waals surface area (Å²) in [6.07, 6.45) is 5.24. The summed E-state index contributed by atoms with van der Waals surface area (Å²) in [5.41, 5.74) is 3.70. The molecule has 0 radical (unpaired) electrons. The van der Waals surface area contributed by atoms with Crippen molar-refractivity contribution in [2.24, 2.45) is 0 Å². The Morgan fingerprint density at radius 2 is 2.00 bits per heavy atom. The van der Waals surface area contributed by atoms with Gasteiger partial charge in [-0.25, -0.2) is 0 Å². The first-order chi connectivity index (χ1) is 10.2. The van der Waals surface area contributed by atoms with Crippen LogP contribution in [-0.2, 0) is 9.53 Å². The fourth-order valence-electron chi connectivity index (χ4n) is 3.09. The van der Waals surface area contributed by atoms with E-state index in [-0.39, 0.29) is 12.1 Å². The number of esters is 1. The van der Waals surface area contributed by atoms with Gasteiger partial charge in [0.15, 0.2) is 0 Å². The van der Waals surface area contributed by atoms with Crippen molar-refractivity contribution in [3.63, 3.8) is 0 Å². The zero-order chi connectivity index (χ0) is 14.8. The van der Waals surface area contributed by atoms with E-state index in [0.717, 1.165) is 18.4 Å². The number of carbonyl (C=O) groups is 1. The average molecular weight is 280 g/mol. The number of unbranched alkanes of at least 4 members (excludes halogenated alkanes) is 1. The summed E-state index contributed by atoms with van der Waals surface area (Å²) in [6, 6.07) is 12.6. The third kappa shape index (κ3) is 2.58. The number of fused-ring (bicyclic) bond motifs is 3. The molecule has 0 aromatic heterocycles. The molecule has 21 heavy (non-hydrogen) atoms. The number of hydrogen-bond donors (Lipinski definition) is 0. The molecule has 1 aliphatic carbocycles. The average Bonchev–Trinajstić information content (AvgIpc) is 2.82. The lowest BCUT2D eigenvalue weighted by Gasteiger charge is -2.14. The van der Waals surface area contributed by atoms with E-state index < -0.39 is 0 Å². The van der Waals surface area contributed by atoms with Gasteiger partial charge in [-0.3, -0.25) is 4.79 Å². The van der Waals surface area contributed by atoms with Crippen molar-refractivity contribution in [2.75, 3.05) is 0 Å². The van der Waals surface area contributed by atoms with Crippen LogP contribution in [0.5, 0.6) is 0 Å². The summed E-state index contributed by atoms with van der Waals surface area (Å²) in [5.74, 6) is -0.230. The summed E-state index contributed by atoms with van der Waals surface area (Å²) in [7, 11) is 0. The second-order valence-electron chi connectivity index (χ2n) is 5.57. The molecule has 3 rings (SSSR count). The third-order valence-electron chi connectivity index (χ3n) is 4.05. The van der Waals surface area contributed by atoms with Gasteiger partial charge in [-0.15, -0.1) is 0 Å². The monoisotopic (exact) mass is 280 g/mol. The Labute approximate surface area is 125 Å². The van der Waals surface area contributed by atoms with Gasteiger partial charge in [0.05, 0.1) is 0 Å². The lowest BCUT2D eigenvalue weighted by molar-refractivity contribution is -0.144. The number of hydrogen-bond acceptors (Lipinski definition) is 2. The first kappa shape index (κ1) is 13.9. The maximum absolute atomic E-state index is 11.4. The first-order valence-corrected chi connectivity index (χ1v) is 7.60. The number of carbonyl (C=O) groups excluding carboxylic acids is 1. The molecule has 0 N–H and O–H groups in total. The number of allylic oxidation sites excluding steroid dienone is 1. The Bertz CT molecular complexity index is 713. The van der Waals surface area contributed by atoms with Crippen LogP contribution >= 0.6 is 0 Å². The predicted octanol–water partition coefficient (Wildman–Crippen LogP) is 5.03. The molecule has 2 aromatic carbocycles. The number of ether oxygens (including phenoxy) is 1. The summed E-state index contributed by atoms with van der Waals surface area (Å²) >= 11 is 0. The molecule has 0 heterocycles. The van der Waals surface area contributed by atoms with Gasteiger partial charge in [0.25, 0.3) is 0 Å². The Balaban J connectivity index is 2.11. The highest BCUT2D eigenvalue weighted by Crippen LogP contribution is 2.42. The molecule has 2 aromatic rings. The van der Waals surface area contributed by atoms with Crippen LogP contribution in [0.2, 0.25) is 0 Å². The third-order valence-corrected chi connectivity index (χ3v) is 4.05. The first-order valence-electron chi connectivity index (χ1n) is 7.60. The van der Waals surface area contributed by atoms with Crippen molar-refractivity contribution in [1.29, 1.82) is 0 Å². The van der Waals surface area contributed by atoms with E-state index in [9.17, 15) is 4.79 Å². The molecule has 0 saturated heterocycles. The minimum absolute atomic E-state index is 0.230. The van der Waals surface area contributed by atoms with Crippen molar-refractivity contribution in [3.8, 4) is 0 Å². The summed E-state index contributed by atoms with van der Waals surface area (Å²) < 4.78 is 5.54. The molecule has 1 aliphatic rings. The van der Waals surface area contributed by atoms with E-state index in [1.54, 1.807) is 0 Å². The SMILES string of the molecule is CCCCC1=CC(OC(C)=O)c2c1ccc1ccccc21. The highest BCUT2D eigenvalue weighted by atomic mass is 16.5. The van der Waals surface area contributed by atoms with Crippen LogP contribution < -0.4 is 0 Å². The van der Waals surface area contributed by atoms with Crippen molar-refractivity contribution < 1.29 is 9.53 Å². The molecule has 2 nitrogen and oxygen atoms in total. The molecule has 0 amide bonds. The topological polar surface area (TPSA) is 26.3 Å². The van der Waals surface area contributed by atoms with Crippen molar-refractivity contribution >= 4 is 22.3 Å². The molecular formula is C19H20O2. The molecule has 0 saturated carbocycles. The minimum Gasteiger partial charge on any atom is -0.453 e. The van der Waals surface area contributed by atoms with Crippen LogP contribution in [0.1, 0.15) is 50.3 Å². The van der Waals surface area contributed by atoms with Gasteiger partial charge in [-0.05, 0) is 40.8 Å². The molecule has 0 bridgehead atoms. The zero-order valence-corrected chi connectivity index (χ0v) is 12.6. The van der Waals surface area contributed by atoms with Gasteiger partial charge < -0.3 is 4.74 Å². The van der Waals surface area contributed by atoms with Crippen LogP contribution in [0.25, 0.3) is 16.3 Å². The predicted molar refractivity (Wildman–Crippen MR) is 86.0 cm³/mol. The summed E-state index contributed by atoms with van der Waals surface area (Å²) in [4.78, 5) is 11.4. The molecule has 1 unspecified atom stereocenters. The highest BCUT2D eigenvalue weighted by Gasteiger charge is 2.27. The van der Waals surface area contributed by atoms with Gasteiger partial charge in [-0.1, -0.05) is 49.7 Å². The fourth-order valence-corrected chi connectivity index (χ4v) is 3.09. The van der Waals surface area contributed by atoms with E-state index in [2.05, 4.69) is 37.3 Å². The van der Waals surface area contributed by atoms with Gasteiger partial charge in [-0.2, -0.15) is 0 Å². The molecule has 1 atom stereocenters. The molecule has 2 heteroatoms. The molecule has 0 fully saturated rings. The van der Waals surface area contributed by atoms with Crippen molar-refractivity contribution in [1.82, 2.24) is 0 Å². The lowest BCUT2D eigenvalue weighted by Crippen LogP contribution is -2.05. The lowest BCUT2D eigenvalue weighted by atomic mass is 9.96. The van der Waals surface area contributed by atoms with E-state index in [4.69, 9.17) is 4.74 Å². The second kappa shape index (κ2) is 5.72. The van der Waals surface area contributed by atoms with E-state index in [1.165, 1.54) is 35.3 Å². The molecule has 0 spiro atoms. The Hall–Kier alpha value is -2.09. The maximum Gasteiger partial charge on any atom is 0.303 e. The van der Waals surface area contributed by atoms with Crippen LogP contribution in [0.4, 0.5) is 0 Å². The minimum atomic E-state index is -0.240.